The van der Waals surface area contributed by atoms with Gasteiger partial charge >= 0.3 is 0 Å². The number of rotatable bonds is 5. The number of hydrogen-bond donors (Lipinski definition) is 1. The van der Waals surface area contributed by atoms with E-state index in [0.717, 1.165) is 11.8 Å². The molecule has 1 nitrogen and oxygen atoms in total. The summed E-state index contributed by atoms with van der Waals surface area (Å²) in [6.45, 7) is 9.53. The SMILES string of the molecule is CCC1(CNCC2CC(C)=CC(C)C2)CCCC1. The minimum Gasteiger partial charge on any atom is -0.316 e. The summed E-state index contributed by atoms with van der Waals surface area (Å²) in [6.07, 6.45) is 12.3. The maximum atomic E-state index is 3.80. The summed E-state index contributed by atoms with van der Waals surface area (Å²) in [5.74, 6) is 1.66. The van der Waals surface area contributed by atoms with Crippen molar-refractivity contribution in [2.75, 3.05) is 13.1 Å². The molecule has 0 aromatic rings. The van der Waals surface area contributed by atoms with E-state index in [0.29, 0.717) is 5.41 Å². The van der Waals surface area contributed by atoms with E-state index in [1.54, 1.807) is 5.57 Å². The van der Waals surface area contributed by atoms with Crippen LogP contribution in [0.25, 0.3) is 0 Å². The Hall–Kier alpha value is -0.300. The summed E-state index contributed by atoms with van der Waals surface area (Å²) in [5.41, 5.74) is 2.25. The molecule has 0 aliphatic heterocycles. The van der Waals surface area contributed by atoms with Gasteiger partial charge in [-0.2, -0.15) is 0 Å². The smallest absolute Gasteiger partial charge is 0.000782 e. The molecular formula is C17H31N. The highest BCUT2D eigenvalue weighted by Crippen LogP contribution is 2.40. The first-order valence-electron chi connectivity index (χ1n) is 8.01. The van der Waals surface area contributed by atoms with Crippen LogP contribution in [-0.4, -0.2) is 13.1 Å². The van der Waals surface area contributed by atoms with Gasteiger partial charge in [0.1, 0.15) is 0 Å². The normalized spacial score (nSPS) is 31.4. The van der Waals surface area contributed by atoms with Crippen LogP contribution < -0.4 is 5.32 Å². The van der Waals surface area contributed by atoms with Crippen LogP contribution in [0.2, 0.25) is 0 Å². The zero-order valence-electron chi connectivity index (χ0n) is 12.6. The molecular weight excluding hydrogens is 218 g/mol. The molecule has 0 radical (unpaired) electrons. The molecule has 0 aromatic heterocycles. The molecule has 0 amide bonds. The van der Waals surface area contributed by atoms with E-state index in [4.69, 9.17) is 0 Å². The topological polar surface area (TPSA) is 12.0 Å². The molecule has 2 rings (SSSR count). The molecule has 2 atom stereocenters. The largest absolute Gasteiger partial charge is 0.316 e. The molecule has 0 aromatic carbocycles. The lowest BCUT2D eigenvalue weighted by Crippen LogP contribution is -2.35. The highest BCUT2D eigenvalue weighted by molar-refractivity contribution is 5.06. The second-order valence-electron chi connectivity index (χ2n) is 6.99. The average molecular weight is 249 g/mol. The van der Waals surface area contributed by atoms with E-state index in [-0.39, 0.29) is 0 Å². The van der Waals surface area contributed by atoms with E-state index in [9.17, 15) is 0 Å². The van der Waals surface area contributed by atoms with Crippen molar-refractivity contribution in [1.82, 2.24) is 5.32 Å². The Balaban J connectivity index is 1.73. The molecule has 0 spiro atoms. The van der Waals surface area contributed by atoms with Gasteiger partial charge in [-0.1, -0.05) is 38.3 Å². The Kier molecular flexibility index (Phi) is 4.89. The van der Waals surface area contributed by atoms with Gasteiger partial charge in [-0.15, -0.1) is 0 Å². The molecule has 1 N–H and O–H groups in total. The summed E-state index contributed by atoms with van der Waals surface area (Å²) in [6, 6.07) is 0. The van der Waals surface area contributed by atoms with Gasteiger partial charge in [0.15, 0.2) is 0 Å². The van der Waals surface area contributed by atoms with Gasteiger partial charge in [-0.05, 0) is 62.8 Å². The van der Waals surface area contributed by atoms with E-state index in [2.05, 4.69) is 32.2 Å². The van der Waals surface area contributed by atoms with Gasteiger partial charge in [0.05, 0.1) is 0 Å². The van der Waals surface area contributed by atoms with E-state index >= 15 is 0 Å². The fourth-order valence-electron chi connectivity index (χ4n) is 4.16. The molecule has 104 valence electrons. The van der Waals surface area contributed by atoms with Crippen molar-refractivity contribution in [1.29, 1.82) is 0 Å². The molecule has 2 aliphatic carbocycles. The molecule has 2 unspecified atom stereocenters. The summed E-state index contributed by atoms with van der Waals surface area (Å²) in [5, 5.41) is 3.80. The lowest BCUT2D eigenvalue weighted by atomic mass is 9.82. The second-order valence-corrected chi connectivity index (χ2v) is 6.99. The average Bonchev–Trinajstić information content (AvgIpc) is 2.77. The van der Waals surface area contributed by atoms with Crippen LogP contribution >= 0.6 is 0 Å². The Labute approximate surface area is 113 Å². The van der Waals surface area contributed by atoms with E-state index in [1.807, 2.05) is 0 Å². The van der Waals surface area contributed by atoms with E-state index in [1.165, 1.54) is 58.0 Å². The standard InChI is InChI=1S/C17H31N/c1-4-17(7-5-6-8-17)13-18-12-16-10-14(2)9-15(3)11-16/h9,14,16,18H,4-8,10-13H2,1-3H3. The van der Waals surface area contributed by atoms with Crippen LogP contribution in [0.15, 0.2) is 11.6 Å². The van der Waals surface area contributed by atoms with Crippen LogP contribution in [0.4, 0.5) is 0 Å². The van der Waals surface area contributed by atoms with Gasteiger partial charge in [0, 0.05) is 6.54 Å². The molecule has 0 saturated heterocycles. The zero-order valence-corrected chi connectivity index (χ0v) is 12.6. The van der Waals surface area contributed by atoms with Crippen molar-refractivity contribution in [2.24, 2.45) is 17.3 Å². The minimum absolute atomic E-state index is 0.644. The predicted octanol–water partition coefficient (Wildman–Crippen LogP) is 4.54. The van der Waals surface area contributed by atoms with Gasteiger partial charge in [-0.3, -0.25) is 0 Å². The fraction of sp³-hybridized carbons (Fsp3) is 0.882. The lowest BCUT2D eigenvalue weighted by molar-refractivity contribution is 0.256. The van der Waals surface area contributed by atoms with Crippen LogP contribution in [0, 0.1) is 17.3 Å². The Bertz CT molecular complexity index is 286. The van der Waals surface area contributed by atoms with Crippen molar-refractivity contribution < 1.29 is 0 Å². The van der Waals surface area contributed by atoms with Gasteiger partial charge < -0.3 is 5.32 Å². The first-order valence-corrected chi connectivity index (χ1v) is 8.01. The monoisotopic (exact) mass is 249 g/mol. The summed E-state index contributed by atoms with van der Waals surface area (Å²) in [7, 11) is 0. The van der Waals surface area contributed by atoms with Crippen LogP contribution in [0.3, 0.4) is 0 Å². The van der Waals surface area contributed by atoms with Crippen molar-refractivity contribution in [3.8, 4) is 0 Å². The van der Waals surface area contributed by atoms with Crippen molar-refractivity contribution in [3.05, 3.63) is 11.6 Å². The third kappa shape index (κ3) is 3.60. The highest BCUT2D eigenvalue weighted by Gasteiger charge is 2.31. The maximum Gasteiger partial charge on any atom is 0.000782 e. The highest BCUT2D eigenvalue weighted by atomic mass is 14.9. The van der Waals surface area contributed by atoms with Gasteiger partial charge in [0.2, 0.25) is 0 Å². The number of allylic oxidation sites excluding steroid dienone is 2. The molecule has 1 fully saturated rings. The zero-order chi connectivity index (χ0) is 13.0. The Morgan fingerprint density at radius 1 is 1.33 bits per heavy atom. The first kappa shape index (κ1) is 14.1. The molecule has 1 heteroatoms. The number of hydrogen-bond acceptors (Lipinski definition) is 1. The van der Waals surface area contributed by atoms with Crippen molar-refractivity contribution >= 4 is 0 Å². The molecule has 0 bridgehead atoms. The molecule has 0 heterocycles. The van der Waals surface area contributed by atoms with Gasteiger partial charge in [0.25, 0.3) is 0 Å². The fourth-order valence-corrected chi connectivity index (χ4v) is 4.16. The molecule has 18 heavy (non-hydrogen) atoms. The van der Waals surface area contributed by atoms with Crippen molar-refractivity contribution in [3.63, 3.8) is 0 Å². The van der Waals surface area contributed by atoms with Crippen LogP contribution in [-0.2, 0) is 0 Å². The second kappa shape index (κ2) is 6.23. The third-order valence-electron chi connectivity index (χ3n) is 5.23. The Morgan fingerprint density at radius 3 is 2.67 bits per heavy atom. The van der Waals surface area contributed by atoms with E-state index < -0.39 is 0 Å². The molecule has 2 aliphatic rings. The number of nitrogens with one attached hydrogen (secondary N) is 1. The minimum atomic E-state index is 0.644. The Morgan fingerprint density at radius 2 is 2.06 bits per heavy atom. The summed E-state index contributed by atoms with van der Waals surface area (Å²) >= 11 is 0. The quantitative estimate of drug-likeness (QED) is 0.705. The van der Waals surface area contributed by atoms with Crippen molar-refractivity contribution in [2.45, 2.75) is 65.7 Å². The van der Waals surface area contributed by atoms with Crippen LogP contribution in [0.1, 0.15) is 65.7 Å². The third-order valence-corrected chi connectivity index (χ3v) is 5.23. The summed E-state index contributed by atoms with van der Waals surface area (Å²) < 4.78 is 0. The predicted molar refractivity (Wildman–Crippen MR) is 79.7 cm³/mol. The van der Waals surface area contributed by atoms with Crippen LogP contribution in [0.5, 0.6) is 0 Å². The first-order chi connectivity index (χ1) is 8.63. The molecule has 1 saturated carbocycles. The summed E-state index contributed by atoms with van der Waals surface area (Å²) in [4.78, 5) is 0. The maximum absolute atomic E-state index is 3.80. The lowest BCUT2D eigenvalue weighted by Gasteiger charge is -2.30. The van der Waals surface area contributed by atoms with Gasteiger partial charge in [-0.25, -0.2) is 0 Å².